The molecule has 1 heterocycles. The number of aromatic nitrogens is 2. The summed E-state index contributed by atoms with van der Waals surface area (Å²) >= 11 is 0. The lowest BCUT2D eigenvalue weighted by Gasteiger charge is -2.11. The zero-order valence-electron chi connectivity index (χ0n) is 17.4. The van der Waals surface area contributed by atoms with Gasteiger partial charge in [0.1, 0.15) is 5.82 Å². The van der Waals surface area contributed by atoms with Crippen molar-refractivity contribution in [3.05, 3.63) is 60.0 Å². The number of nitrogens with one attached hydrogen (secondary N) is 1. The van der Waals surface area contributed by atoms with Gasteiger partial charge in [0.15, 0.2) is 0 Å². The van der Waals surface area contributed by atoms with E-state index in [1.54, 1.807) is 31.2 Å². The smallest absolute Gasteiger partial charge is 0.309 e. The maximum atomic E-state index is 13.8. The largest absolute Gasteiger partial charge is 0.407 e. The lowest BCUT2D eigenvalue weighted by Crippen LogP contribution is -2.09. The molecule has 0 bridgehead atoms. The summed E-state index contributed by atoms with van der Waals surface area (Å²) in [6, 6.07) is 13.2. The fourth-order valence-electron chi connectivity index (χ4n) is 3.08. The highest BCUT2D eigenvalue weighted by molar-refractivity contribution is 5.91. The van der Waals surface area contributed by atoms with Crippen molar-refractivity contribution in [1.29, 1.82) is 0 Å². The highest BCUT2D eigenvalue weighted by atomic mass is 19.1. The Bertz CT molecular complexity index is 1070. The Morgan fingerprint density at radius 1 is 1.17 bits per heavy atom. The predicted octanol–water partition coefficient (Wildman–Crippen LogP) is 5.08. The Hall–Kier alpha value is -3.48. The van der Waals surface area contributed by atoms with Gasteiger partial charge in [-0.1, -0.05) is 39.0 Å². The topological polar surface area (TPSA) is 73.2 Å². The van der Waals surface area contributed by atoms with Crippen LogP contribution >= 0.6 is 0 Å². The van der Waals surface area contributed by atoms with E-state index in [0.29, 0.717) is 29.1 Å². The zero-order chi connectivity index (χ0) is 21.8. The minimum absolute atomic E-state index is 0.0172. The molecule has 7 heteroatoms. The van der Waals surface area contributed by atoms with Gasteiger partial charge in [0, 0.05) is 19.0 Å². The number of ether oxygens (including phenoxy) is 1. The highest BCUT2D eigenvalue weighted by Gasteiger charge is 2.25. The first-order valence-corrected chi connectivity index (χ1v) is 9.77. The summed E-state index contributed by atoms with van der Waals surface area (Å²) in [6.07, 6.45) is 0.385. The number of amides is 1. The molecule has 0 aliphatic heterocycles. The van der Waals surface area contributed by atoms with Gasteiger partial charge in [-0.3, -0.25) is 9.59 Å². The van der Waals surface area contributed by atoms with Crippen LogP contribution in [-0.4, -0.2) is 21.7 Å². The number of anilines is 1. The summed E-state index contributed by atoms with van der Waals surface area (Å²) in [7, 11) is 0. The molecule has 1 amide bonds. The van der Waals surface area contributed by atoms with Crippen LogP contribution in [0, 0.1) is 5.82 Å². The van der Waals surface area contributed by atoms with Crippen LogP contribution in [-0.2, 0) is 9.59 Å². The Morgan fingerprint density at radius 3 is 2.43 bits per heavy atom. The van der Waals surface area contributed by atoms with E-state index in [0.717, 1.165) is 5.56 Å². The molecule has 0 saturated carbocycles. The van der Waals surface area contributed by atoms with Crippen LogP contribution in [0.15, 0.2) is 48.5 Å². The molecule has 0 aliphatic carbocycles. The minimum Gasteiger partial charge on any atom is -0.407 e. The molecule has 0 fully saturated rings. The first-order valence-electron chi connectivity index (χ1n) is 9.77. The fourth-order valence-corrected chi connectivity index (χ4v) is 3.08. The van der Waals surface area contributed by atoms with Crippen molar-refractivity contribution in [3.63, 3.8) is 0 Å². The van der Waals surface area contributed by atoms with Gasteiger partial charge in [0.05, 0.1) is 16.9 Å². The monoisotopic (exact) mass is 409 g/mol. The number of rotatable bonds is 6. The van der Waals surface area contributed by atoms with Crippen LogP contribution < -0.4 is 10.1 Å². The van der Waals surface area contributed by atoms with E-state index in [1.165, 1.54) is 23.7 Å². The molecular formula is C23H24FN3O3. The van der Waals surface area contributed by atoms with Gasteiger partial charge in [-0.2, -0.15) is 9.78 Å². The molecule has 0 aliphatic rings. The summed E-state index contributed by atoms with van der Waals surface area (Å²) in [4.78, 5) is 23.5. The summed E-state index contributed by atoms with van der Waals surface area (Å²) in [5, 5.41) is 7.44. The summed E-state index contributed by atoms with van der Waals surface area (Å²) < 4.78 is 20.8. The van der Waals surface area contributed by atoms with Gasteiger partial charge in [0.25, 0.3) is 0 Å². The van der Waals surface area contributed by atoms with Crippen molar-refractivity contribution >= 4 is 17.6 Å². The molecule has 0 radical (unpaired) electrons. The molecule has 3 rings (SSSR count). The Labute approximate surface area is 174 Å². The van der Waals surface area contributed by atoms with Crippen LogP contribution in [0.25, 0.3) is 16.8 Å². The van der Waals surface area contributed by atoms with Crippen LogP contribution in [0.3, 0.4) is 0 Å². The Kier molecular flexibility index (Phi) is 6.30. The normalized spacial score (nSPS) is 10.9. The number of halogens is 1. The van der Waals surface area contributed by atoms with Crippen molar-refractivity contribution in [3.8, 4) is 22.7 Å². The molecule has 1 aromatic heterocycles. The number of nitrogens with zero attached hydrogens (tertiary/aromatic N) is 2. The fraction of sp³-hybridized carbons (Fsp3) is 0.261. The lowest BCUT2D eigenvalue weighted by atomic mass is 9.99. The third kappa shape index (κ3) is 4.56. The molecule has 1 N–H and O–H groups in total. The maximum absolute atomic E-state index is 13.8. The van der Waals surface area contributed by atoms with Gasteiger partial charge in [0.2, 0.25) is 11.8 Å². The molecule has 156 valence electrons. The second-order valence-corrected chi connectivity index (χ2v) is 7.18. The van der Waals surface area contributed by atoms with Crippen LogP contribution in [0.2, 0.25) is 0 Å². The Balaban J connectivity index is 2.17. The third-order valence-corrected chi connectivity index (χ3v) is 4.49. The predicted molar refractivity (Wildman–Crippen MR) is 113 cm³/mol. The molecule has 6 nitrogen and oxygen atoms in total. The molecular weight excluding hydrogens is 385 g/mol. The van der Waals surface area contributed by atoms with Crippen LogP contribution in [0.5, 0.6) is 5.88 Å². The summed E-state index contributed by atoms with van der Waals surface area (Å²) in [5.74, 6) is -0.757. The van der Waals surface area contributed by atoms with E-state index in [-0.39, 0.29) is 17.7 Å². The maximum Gasteiger partial charge on any atom is 0.309 e. The van der Waals surface area contributed by atoms with Gasteiger partial charge in [-0.05, 0) is 41.8 Å². The molecule has 2 aromatic carbocycles. The van der Waals surface area contributed by atoms with E-state index in [2.05, 4.69) is 10.4 Å². The lowest BCUT2D eigenvalue weighted by molar-refractivity contribution is -0.132. The second-order valence-electron chi connectivity index (χ2n) is 7.18. The molecule has 0 atom stereocenters. The second kappa shape index (κ2) is 8.90. The van der Waals surface area contributed by atoms with Crippen molar-refractivity contribution in [2.75, 3.05) is 5.32 Å². The number of benzene rings is 2. The number of hydrogen-bond donors (Lipinski definition) is 1. The van der Waals surface area contributed by atoms with Gasteiger partial charge in [-0.25, -0.2) is 4.39 Å². The summed E-state index contributed by atoms with van der Waals surface area (Å²) in [5.41, 5.74) is 3.25. The Morgan fingerprint density at radius 2 is 1.87 bits per heavy atom. The van der Waals surface area contributed by atoms with Crippen molar-refractivity contribution < 1.29 is 18.7 Å². The number of carbonyl (C=O) groups excluding carboxylic acids is 2. The zero-order valence-corrected chi connectivity index (χ0v) is 17.4. The quantitative estimate of drug-likeness (QED) is 0.577. The first-order chi connectivity index (χ1) is 14.3. The van der Waals surface area contributed by atoms with Crippen molar-refractivity contribution in [2.45, 2.75) is 40.0 Å². The molecule has 3 aromatic rings. The standard InChI is InChI=1S/C23H24FN3O3/c1-5-20(29)25-18-11-9-16(10-12-18)21-22(14(2)3)26-27(23(21)30-15(4)28)19-8-6-7-17(24)13-19/h6-14H,5H2,1-4H3,(H,25,29). The van der Waals surface area contributed by atoms with Crippen molar-refractivity contribution in [2.24, 2.45) is 0 Å². The first kappa shape index (κ1) is 21.2. The van der Waals surface area contributed by atoms with Gasteiger partial charge < -0.3 is 10.1 Å². The van der Waals surface area contributed by atoms with E-state index in [9.17, 15) is 14.0 Å². The molecule has 0 saturated heterocycles. The van der Waals surface area contributed by atoms with Crippen molar-refractivity contribution in [1.82, 2.24) is 9.78 Å². The average Bonchev–Trinajstić information content (AvgIpc) is 3.07. The van der Waals surface area contributed by atoms with E-state index < -0.39 is 11.8 Å². The highest BCUT2D eigenvalue weighted by Crippen LogP contribution is 2.39. The molecule has 30 heavy (non-hydrogen) atoms. The SMILES string of the molecule is CCC(=O)Nc1ccc(-c2c(C(C)C)nn(-c3cccc(F)c3)c2OC(C)=O)cc1. The van der Waals surface area contributed by atoms with Gasteiger partial charge >= 0.3 is 5.97 Å². The van der Waals surface area contributed by atoms with E-state index >= 15 is 0 Å². The molecule has 0 unspecified atom stereocenters. The molecule has 0 spiro atoms. The number of esters is 1. The third-order valence-electron chi connectivity index (χ3n) is 4.49. The summed E-state index contributed by atoms with van der Waals surface area (Å²) in [6.45, 7) is 7.06. The average molecular weight is 409 g/mol. The van der Waals surface area contributed by atoms with E-state index in [4.69, 9.17) is 4.74 Å². The number of hydrogen-bond acceptors (Lipinski definition) is 4. The number of carbonyl (C=O) groups is 2. The minimum atomic E-state index is -0.504. The van der Waals surface area contributed by atoms with E-state index in [1.807, 2.05) is 26.0 Å². The van der Waals surface area contributed by atoms with Crippen LogP contribution in [0.4, 0.5) is 10.1 Å². The van der Waals surface area contributed by atoms with Gasteiger partial charge in [-0.15, -0.1) is 0 Å². The van der Waals surface area contributed by atoms with Crippen LogP contribution in [0.1, 0.15) is 45.7 Å².